The van der Waals surface area contributed by atoms with E-state index < -0.39 is 0 Å². The highest BCUT2D eigenvalue weighted by Crippen LogP contribution is 2.16. The summed E-state index contributed by atoms with van der Waals surface area (Å²) in [5, 5.41) is 3.38. The van der Waals surface area contributed by atoms with Gasteiger partial charge in [-0.2, -0.15) is 0 Å². The number of piperidine rings is 1. The second-order valence-corrected chi connectivity index (χ2v) is 5.35. The van der Waals surface area contributed by atoms with E-state index in [1.807, 2.05) is 12.1 Å². The van der Waals surface area contributed by atoms with Crippen LogP contribution in [0.1, 0.15) is 18.4 Å². The zero-order chi connectivity index (χ0) is 14.2. The number of methoxy groups -OCH3 is 1. The molecule has 1 saturated heterocycles. The summed E-state index contributed by atoms with van der Waals surface area (Å²) in [6.07, 6.45) is 2.57. The van der Waals surface area contributed by atoms with E-state index in [9.17, 15) is 0 Å². The second kappa shape index (κ2) is 8.25. The minimum absolute atomic E-state index is 0.603. The molecule has 1 aromatic carbocycles. The maximum Gasteiger partial charge on any atom is 0.119 e. The zero-order valence-electron chi connectivity index (χ0n) is 12.6. The minimum atomic E-state index is 0.603. The van der Waals surface area contributed by atoms with E-state index in [2.05, 4.69) is 29.4 Å². The third-order valence-electron chi connectivity index (χ3n) is 3.80. The van der Waals surface area contributed by atoms with Crippen LogP contribution in [0.3, 0.4) is 0 Å². The molecule has 1 aliphatic heterocycles. The van der Waals surface area contributed by atoms with Gasteiger partial charge in [0.2, 0.25) is 0 Å². The number of likely N-dealkylation sites (tertiary alicyclic amines) is 1. The first-order valence-corrected chi connectivity index (χ1v) is 7.42. The third kappa shape index (κ3) is 4.78. The summed E-state index contributed by atoms with van der Waals surface area (Å²) in [5.41, 5.74) is 1.35. The van der Waals surface area contributed by atoms with Gasteiger partial charge in [-0.05, 0) is 44.1 Å². The molecule has 0 amide bonds. The van der Waals surface area contributed by atoms with Crippen molar-refractivity contribution < 1.29 is 9.47 Å². The van der Waals surface area contributed by atoms with Gasteiger partial charge in [-0.15, -0.1) is 0 Å². The highest BCUT2D eigenvalue weighted by molar-refractivity contribution is 5.27. The Morgan fingerprint density at radius 2 is 2.05 bits per heavy atom. The van der Waals surface area contributed by atoms with Crippen molar-refractivity contribution in [1.82, 2.24) is 10.2 Å². The van der Waals surface area contributed by atoms with Crippen LogP contribution in [-0.2, 0) is 11.3 Å². The Labute approximate surface area is 122 Å². The van der Waals surface area contributed by atoms with Gasteiger partial charge >= 0.3 is 0 Å². The largest absolute Gasteiger partial charge is 0.491 e. The number of rotatable bonds is 7. The lowest BCUT2D eigenvalue weighted by Gasteiger charge is -2.32. The Kier molecular flexibility index (Phi) is 6.30. The predicted molar refractivity (Wildman–Crippen MR) is 81.2 cm³/mol. The van der Waals surface area contributed by atoms with Crippen LogP contribution in [0.5, 0.6) is 5.75 Å². The van der Waals surface area contributed by atoms with Crippen LogP contribution in [0.15, 0.2) is 24.3 Å². The number of nitrogens with zero attached hydrogens (tertiary/aromatic N) is 1. The van der Waals surface area contributed by atoms with E-state index in [1.54, 1.807) is 7.11 Å². The van der Waals surface area contributed by atoms with Crippen LogP contribution in [-0.4, -0.2) is 51.4 Å². The summed E-state index contributed by atoms with van der Waals surface area (Å²) in [5.74, 6) is 0.914. The molecule has 2 rings (SSSR count). The highest BCUT2D eigenvalue weighted by atomic mass is 16.5. The minimum Gasteiger partial charge on any atom is -0.491 e. The van der Waals surface area contributed by atoms with Crippen molar-refractivity contribution in [2.75, 3.05) is 40.5 Å². The Hall–Kier alpha value is -1.10. The average Bonchev–Trinajstić information content (AvgIpc) is 2.49. The fourth-order valence-electron chi connectivity index (χ4n) is 2.63. The van der Waals surface area contributed by atoms with Crippen LogP contribution >= 0.6 is 0 Å². The number of ether oxygens (including phenoxy) is 2. The molecule has 1 unspecified atom stereocenters. The van der Waals surface area contributed by atoms with Crippen LogP contribution < -0.4 is 10.1 Å². The summed E-state index contributed by atoms with van der Waals surface area (Å²) in [6, 6.07) is 9.05. The van der Waals surface area contributed by atoms with Gasteiger partial charge in [0.15, 0.2) is 0 Å². The maximum absolute atomic E-state index is 5.58. The summed E-state index contributed by atoms with van der Waals surface area (Å²) in [6.45, 7) is 4.59. The number of nitrogens with one attached hydrogen (secondary N) is 1. The quantitative estimate of drug-likeness (QED) is 0.772. The lowest BCUT2D eigenvalue weighted by molar-refractivity contribution is 0.146. The van der Waals surface area contributed by atoms with E-state index in [1.165, 1.54) is 24.9 Å². The van der Waals surface area contributed by atoms with Gasteiger partial charge in [-0.1, -0.05) is 12.1 Å². The Bertz CT molecular complexity index is 381. The summed E-state index contributed by atoms with van der Waals surface area (Å²) < 4.78 is 10.5. The first-order valence-electron chi connectivity index (χ1n) is 7.42. The molecule has 0 bridgehead atoms. The van der Waals surface area contributed by atoms with Gasteiger partial charge < -0.3 is 14.8 Å². The molecule has 0 spiro atoms. The van der Waals surface area contributed by atoms with Gasteiger partial charge in [0.25, 0.3) is 0 Å². The van der Waals surface area contributed by atoms with Crippen molar-refractivity contribution in [2.24, 2.45) is 0 Å². The number of benzene rings is 1. The molecule has 1 aliphatic rings. The van der Waals surface area contributed by atoms with Crippen LogP contribution in [0.2, 0.25) is 0 Å². The number of hydrogen-bond donors (Lipinski definition) is 1. The molecule has 1 fully saturated rings. The predicted octanol–water partition coefficient (Wildman–Crippen LogP) is 1.90. The molecule has 4 nitrogen and oxygen atoms in total. The maximum atomic E-state index is 5.58. The second-order valence-electron chi connectivity index (χ2n) is 5.35. The van der Waals surface area contributed by atoms with Crippen LogP contribution in [0, 0.1) is 0 Å². The Morgan fingerprint density at radius 3 is 2.75 bits per heavy atom. The molecule has 0 saturated carbocycles. The average molecular weight is 278 g/mol. The van der Waals surface area contributed by atoms with Crippen molar-refractivity contribution in [3.63, 3.8) is 0 Å². The molecule has 0 radical (unpaired) electrons. The molecule has 0 aromatic heterocycles. The third-order valence-corrected chi connectivity index (χ3v) is 3.80. The van der Waals surface area contributed by atoms with Crippen molar-refractivity contribution in [2.45, 2.75) is 25.4 Å². The highest BCUT2D eigenvalue weighted by Gasteiger charge is 2.18. The standard InChI is InChI=1S/C16H26N2O2/c1-17-15-4-3-9-18(13-15)12-14-5-7-16(8-6-14)20-11-10-19-2/h5-8,15,17H,3-4,9-13H2,1-2H3. The summed E-state index contributed by atoms with van der Waals surface area (Å²) >= 11 is 0. The van der Waals surface area contributed by atoms with Gasteiger partial charge in [0.05, 0.1) is 6.61 Å². The van der Waals surface area contributed by atoms with Gasteiger partial charge in [0, 0.05) is 26.2 Å². The smallest absolute Gasteiger partial charge is 0.119 e. The van der Waals surface area contributed by atoms with Gasteiger partial charge in [0.1, 0.15) is 12.4 Å². The molecule has 4 heteroatoms. The van der Waals surface area contributed by atoms with Gasteiger partial charge in [-0.3, -0.25) is 4.90 Å². The van der Waals surface area contributed by atoms with Gasteiger partial charge in [-0.25, -0.2) is 0 Å². The number of hydrogen-bond acceptors (Lipinski definition) is 4. The van der Waals surface area contributed by atoms with E-state index in [0.717, 1.165) is 18.8 Å². The topological polar surface area (TPSA) is 33.7 Å². The molecule has 1 N–H and O–H groups in total. The summed E-state index contributed by atoms with van der Waals surface area (Å²) in [4.78, 5) is 2.52. The van der Waals surface area contributed by atoms with Crippen LogP contribution in [0.25, 0.3) is 0 Å². The normalized spacial score (nSPS) is 20.0. The molecule has 112 valence electrons. The first-order chi connectivity index (χ1) is 9.81. The lowest BCUT2D eigenvalue weighted by atomic mass is 10.1. The van der Waals surface area contributed by atoms with Crippen molar-refractivity contribution >= 4 is 0 Å². The fraction of sp³-hybridized carbons (Fsp3) is 0.625. The van der Waals surface area contributed by atoms with E-state index >= 15 is 0 Å². The van der Waals surface area contributed by atoms with E-state index in [4.69, 9.17) is 9.47 Å². The van der Waals surface area contributed by atoms with Crippen molar-refractivity contribution in [3.8, 4) is 5.75 Å². The molecular formula is C16H26N2O2. The molecule has 1 aromatic rings. The van der Waals surface area contributed by atoms with Crippen LogP contribution in [0.4, 0.5) is 0 Å². The molecule has 1 heterocycles. The molecule has 0 aliphatic carbocycles. The fourth-order valence-corrected chi connectivity index (χ4v) is 2.63. The number of likely N-dealkylation sites (N-methyl/N-ethyl adjacent to an activating group) is 1. The van der Waals surface area contributed by atoms with Crippen molar-refractivity contribution in [3.05, 3.63) is 29.8 Å². The lowest BCUT2D eigenvalue weighted by Crippen LogP contribution is -2.43. The molecule has 1 atom stereocenters. The zero-order valence-corrected chi connectivity index (χ0v) is 12.6. The van der Waals surface area contributed by atoms with E-state index in [-0.39, 0.29) is 0 Å². The van der Waals surface area contributed by atoms with Crippen molar-refractivity contribution in [1.29, 1.82) is 0 Å². The van der Waals surface area contributed by atoms with E-state index in [0.29, 0.717) is 19.3 Å². The summed E-state index contributed by atoms with van der Waals surface area (Å²) in [7, 11) is 3.74. The SMILES string of the molecule is CNC1CCCN(Cc2ccc(OCCOC)cc2)C1. The monoisotopic (exact) mass is 278 g/mol. The first kappa shape index (κ1) is 15.3. The molecule has 20 heavy (non-hydrogen) atoms. The Balaban J connectivity index is 1.80. The Morgan fingerprint density at radius 1 is 1.25 bits per heavy atom. The molecular weight excluding hydrogens is 252 g/mol.